The van der Waals surface area contributed by atoms with E-state index in [0.717, 1.165) is 0 Å². The van der Waals surface area contributed by atoms with Crippen molar-refractivity contribution in [1.29, 1.82) is 10.5 Å². The van der Waals surface area contributed by atoms with Crippen molar-refractivity contribution in [3.8, 4) is 12.1 Å². The molecule has 0 aromatic rings. The monoisotopic (exact) mass is 456 g/mol. The van der Waals surface area contributed by atoms with Crippen LogP contribution in [0.1, 0.15) is 64.2 Å². The van der Waals surface area contributed by atoms with Crippen LogP contribution in [0.3, 0.4) is 0 Å². The number of nitrogens with two attached hydrogens (primary N) is 2. The molecule has 2 aliphatic carbocycles. The van der Waals surface area contributed by atoms with E-state index in [2.05, 4.69) is 23.0 Å². The third-order valence-corrected chi connectivity index (χ3v) is 5.79. The molecule has 0 saturated heterocycles. The van der Waals surface area contributed by atoms with Crippen molar-refractivity contribution in [2.75, 3.05) is 0 Å². The fraction of sp³-hybridized carbons (Fsp3) is 0.800. The van der Waals surface area contributed by atoms with E-state index < -0.39 is 24.1 Å². The summed E-state index contributed by atoms with van der Waals surface area (Å²) in [7, 11) is 0. The van der Waals surface area contributed by atoms with Gasteiger partial charge in [0.25, 0.3) is 0 Å². The van der Waals surface area contributed by atoms with E-state index in [1.165, 1.54) is 51.4 Å². The van der Waals surface area contributed by atoms with Gasteiger partial charge in [0.2, 0.25) is 0 Å². The average molecular weight is 457 g/mol. The number of hydrogen-bond acceptors (Lipinski definition) is 10. The molecule has 2 unspecified atom stereocenters. The van der Waals surface area contributed by atoms with Gasteiger partial charge in [0.15, 0.2) is 12.2 Å². The van der Waals surface area contributed by atoms with Gasteiger partial charge >= 0.3 is 11.9 Å². The van der Waals surface area contributed by atoms with Crippen molar-refractivity contribution in [2.45, 2.75) is 88.5 Å². The number of carboxylic acid groups (broad SMARTS) is 2. The molecule has 0 heterocycles. The number of hydrazine groups is 2. The van der Waals surface area contributed by atoms with Gasteiger partial charge in [0.1, 0.15) is 0 Å². The maximum absolute atomic E-state index is 9.77. The second-order valence-electron chi connectivity index (χ2n) is 7.93. The lowest BCUT2D eigenvalue weighted by molar-refractivity contribution is -0.165. The Hall–Kier alpha value is -2.32. The molecule has 2 aliphatic rings. The van der Waals surface area contributed by atoms with Crippen molar-refractivity contribution < 1.29 is 30.0 Å². The Morgan fingerprint density at radius 3 is 1.25 bits per heavy atom. The molecule has 2 fully saturated rings. The number of carbonyl (C=O) groups is 2. The first-order chi connectivity index (χ1) is 15.2. The summed E-state index contributed by atoms with van der Waals surface area (Å²) in [4.78, 5) is 19.5. The second kappa shape index (κ2) is 17.3. The fourth-order valence-electron chi connectivity index (χ4n) is 3.91. The first-order valence-corrected chi connectivity index (χ1v) is 10.7. The summed E-state index contributed by atoms with van der Waals surface area (Å²) in [6.07, 6.45) is 6.68. The highest BCUT2D eigenvalue weighted by Gasteiger charge is 2.29. The maximum Gasteiger partial charge on any atom is 0.335 e. The lowest BCUT2D eigenvalue weighted by Gasteiger charge is -2.18. The lowest BCUT2D eigenvalue weighted by atomic mass is 9.97. The van der Waals surface area contributed by atoms with Gasteiger partial charge in [-0.2, -0.15) is 10.5 Å². The highest BCUT2D eigenvalue weighted by molar-refractivity contribution is 5.83. The number of hydrogen-bond donors (Lipinski definition) is 8. The van der Waals surface area contributed by atoms with Crippen LogP contribution in [0, 0.1) is 34.5 Å². The molecule has 2 saturated carbocycles. The van der Waals surface area contributed by atoms with E-state index in [1.807, 2.05) is 0 Å². The van der Waals surface area contributed by atoms with Gasteiger partial charge in [-0.1, -0.05) is 25.7 Å². The minimum Gasteiger partial charge on any atom is -0.479 e. The number of aliphatic hydroxyl groups is 2. The van der Waals surface area contributed by atoms with E-state index in [4.69, 9.17) is 42.6 Å². The normalized spacial score (nSPS) is 19.7. The van der Waals surface area contributed by atoms with Crippen LogP contribution >= 0.6 is 0 Å². The van der Waals surface area contributed by atoms with E-state index in [1.54, 1.807) is 0 Å². The van der Waals surface area contributed by atoms with Gasteiger partial charge in [-0.25, -0.2) is 9.59 Å². The molecular formula is C20H36N6O6. The van der Waals surface area contributed by atoms with Gasteiger partial charge in [0, 0.05) is 12.1 Å². The first kappa shape index (κ1) is 29.7. The molecule has 0 aliphatic heterocycles. The zero-order valence-electron chi connectivity index (χ0n) is 18.2. The number of carboxylic acids is 2. The van der Waals surface area contributed by atoms with Crippen molar-refractivity contribution in [1.82, 2.24) is 10.9 Å². The molecule has 10 N–H and O–H groups in total. The van der Waals surface area contributed by atoms with E-state index in [9.17, 15) is 9.59 Å². The van der Waals surface area contributed by atoms with Crippen LogP contribution in [0.25, 0.3) is 0 Å². The van der Waals surface area contributed by atoms with Crippen LogP contribution in [0.15, 0.2) is 0 Å². The second-order valence-corrected chi connectivity index (χ2v) is 7.93. The largest absolute Gasteiger partial charge is 0.479 e. The van der Waals surface area contributed by atoms with E-state index >= 15 is 0 Å². The number of aliphatic hydroxyl groups excluding tert-OH is 2. The molecule has 0 aromatic carbocycles. The fourth-order valence-corrected chi connectivity index (χ4v) is 3.91. The Labute approximate surface area is 188 Å². The molecule has 12 nitrogen and oxygen atoms in total. The zero-order chi connectivity index (χ0) is 24.5. The van der Waals surface area contributed by atoms with Crippen LogP contribution in [-0.2, 0) is 9.59 Å². The van der Waals surface area contributed by atoms with Crippen molar-refractivity contribution in [3.05, 3.63) is 0 Å². The van der Waals surface area contributed by atoms with Crippen molar-refractivity contribution in [3.63, 3.8) is 0 Å². The SMILES string of the molecule is N#CC[C@@H](NN)C1CCCC1.N#CC[C@@H](NN)C1CCCC1.O=C(O)C(O)C(O)C(=O)O. The summed E-state index contributed by atoms with van der Waals surface area (Å²) in [5.41, 5.74) is 5.44. The number of nitriles is 2. The quantitative estimate of drug-likeness (QED) is 0.165. The summed E-state index contributed by atoms with van der Waals surface area (Å²) >= 11 is 0. The van der Waals surface area contributed by atoms with Crippen molar-refractivity contribution in [2.24, 2.45) is 23.5 Å². The number of nitrogens with one attached hydrogen (secondary N) is 2. The summed E-state index contributed by atoms with van der Waals surface area (Å²) < 4.78 is 0. The van der Waals surface area contributed by atoms with Crippen molar-refractivity contribution >= 4 is 11.9 Å². The molecule has 32 heavy (non-hydrogen) atoms. The minimum absolute atomic E-state index is 0.225. The molecular weight excluding hydrogens is 420 g/mol. The highest BCUT2D eigenvalue weighted by atomic mass is 16.4. The Morgan fingerprint density at radius 2 is 1.06 bits per heavy atom. The molecule has 0 bridgehead atoms. The van der Waals surface area contributed by atoms with E-state index in [0.29, 0.717) is 24.7 Å². The average Bonchev–Trinajstić information content (AvgIpc) is 3.50. The lowest BCUT2D eigenvalue weighted by Crippen LogP contribution is -2.39. The number of rotatable bonds is 9. The molecule has 0 spiro atoms. The van der Waals surface area contributed by atoms with Gasteiger partial charge in [-0.3, -0.25) is 22.5 Å². The molecule has 0 radical (unpaired) electrons. The van der Waals surface area contributed by atoms with Crippen LogP contribution < -0.4 is 22.5 Å². The highest BCUT2D eigenvalue weighted by Crippen LogP contribution is 2.29. The Balaban J connectivity index is 0.000000452. The van der Waals surface area contributed by atoms with Gasteiger partial charge in [0.05, 0.1) is 25.0 Å². The maximum atomic E-state index is 9.77. The predicted octanol–water partition coefficient (Wildman–Crippen LogP) is -0.278. The van der Waals surface area contributed by atoms with Crippen LogP contribution in [-0.4, -0.2) is 56.7 Å². The smallest absolute Gasteiger partial charge is 0.335 e. The Bertz CT molecular complexity index is 571. The van der Waals surface area contributed by atoms with Crippen LogP contribution in [0.4, 0.5) is 0 Å². The van der Waals surface area contributed by atoms with Crippen LogP contribution in [0.5, 0.6) is 0 Å². The van der Waals surface area contributed by atoms with Gasteiger partial charge in [-0.05, 0) is 37.5 Å². The minimum atomic E-state index is -2.27. The summed E-state index contributed by atoms with van der Waals surface area (Å²) in [6, 6.07) is 4.76. The summed E-state index contributed by atoms with van der Waals surface area (Å²) in [5.74, 6) is 8.42. The first-order valence-electron chi connectivity index (χ1n) is 10.7. The molecule has 4 atom stereocenters. The molecule has 0 aromatic heterocycles. The standard InChI is InChI=1S/2C8H15N3.C4H6O6/c2*9-6-5-8(11-10)7-3-1-2-4-7;5-1(3(7)8)2(6)4(9)10/h2*7-8,11H,1-5,10H2;1-2,5-6H,(H,7,8)(H,9,10)/t2*8-;/m11./s1. The molecule has 182 valence electrons. The summed E-state index contributed by atoms with van der Waals surface area (Å²) in [6.45, 7) is 0. The van der Waals surface area contributed by atoms with Gasteiger partial charge < -0.3 is 20.4 Å². The zero-order valence-corrected chi connectivity index (χ0v) is 18.2. The third-order valence-electron chi connectivity index (χ3n) is 5.79. The summed E-state index contributed by atoms with van der Waals surface area (Å²) in [5, 5.41) is 49.5. The molecule has 2 rings (SSSR count). The van der Waals surface area contributed by atoms with Gasteiger partial charge in [-0.15, -0.1) is 0 Å². The molecule has 12 heteroatoms. The number of aliphatic carboxylic acids is 2. The van der Waals surface area contributed by atoms with E-state index in [-0.39, 0.29) is 12.1 Å². The third kappa shape index (κ3) is 11.3. The van der Waals surface area contributed by atoms with Crippen LogP contribution in [0.2, 0.25) is 0 Å². The number of nitrogens with zero attached hydrogens (tertiary/aromatic N) is 2. The Kier molecular flexibility index (Phi) is 16.0. The Morgan fingerprint density at radius 1 is 0.781 bits per heavy atom. The topological polar surface area (TPSA) is 239 Å². The predicted molar refractivity (Wildman–Crippen MR) is 114 cm³/mol. The molecule has 0 amide bonds.